The molecule has 1 unspecified atom stereocenters. The summed E-state index contributed by atoms with van der Waals surface area (Å²) in [4.78, 5) is 12.0. The first-order valence-corrected chi connectivity index (χ1v) is 7.66. The fourth-order valence-electron chi connectivity index (χ4n) is 2.93. The van der Waals surface area contributed by atoms with Crippen molar-refractivity contribution >= 4 is 17.4 Å². The van der Waals surface area contributed by atoms with Crippen LogP contribution in [0.3, 0.4) is 0 Å². The van der Waals surface area contributed by atoms with Crippen LogP contribution in [0.2, 0.25) is 5.02 Å². The van der Waals surface area contributed by atoms with E-state index in [1.807, 2.05) is 6.92 Å². The number of ether oxygens (including phenoxy) is 1. The Morgan fingerprint density at radius 1 is 1.43 bits per heavy atom. The minimum Gasteiger partial charge on any atom is -0.381 e. The second kappa shape index (κ2) is 7.34. The van der Waals surface area contributed by atoms with Gasteiger partial charge in [-0.05, 0) is 44.4 Å². The number of carbonyl (C=O) groups is 1. The lowest BCUT2D eigenvalue weighted by Crippen LogP contribution is -2.44. The highest BCUT2D eigenvalue weighted by molar-refractivity contribution is 6.30. The van der Waals surface area contributed by atoms with Crippen molar-refractivity contribution in [3.63, 3.8) is 0 Å². The summed E-state index contributed by atoms with van der Waals surface area (Å²) in [6.45, 7) is 4.88. The first-order chi connectivity index (χ1) is 9.99. The Morgan fingerprint density at radius 2 is 2.10 bits per heavy atom. The molecule has 0 radical (unpaired) electrons. The van der Waals surface area contributed by atoms with Crippen LogP contribution in [0.25, 0.3) is 0 Å². The number of nitrogens with one attached hydrogen (secondary N) is 1. The van der Waals surface area contributed by atoms with E-state index in [1.165, 1.54) is 13.0 Å². The van der Waals surface area contributed by atoms with Crippen molar-refractivity contribution in [3.05, 3.63) is 34.6 Å². The average Bonchev–Trinajstić information content (AvgIpc) is 2.42. The molecule has 0 bridgehead atoms. The van der Waals surface area contributed by atoms with Gasteiger partial charge in [0.15, 0.2) is 0 Å². The van der Waals surface area contributed by atoms with E-state index in [0.29, 0.717) is 16.6 Å². The molecule has 1 heterocycles. The van der Waals surface area contributed by atoms with E-state index in [1.54, 1.807) is 12.1 Å². The number of halogens is 2. The second-order valence-corrected chi connectivity index (χ2v) is 6.03. The van der Waals surface area contributed by atoms with Crippen LogP contribution in [-0.4, -0.2) is 31.1 Å². The van der Waals surface area contributed by atoms with Gasteiger partial charge in [-0.15, -0.1) is 0 Å². The molecule has 116 valence electrons. The van der Waals surface area contributed by atoms with E-state index in [2.05, 4.69) is 5.32 Å². The molecule has 0 aromatic heterocycles. The van der Waals surface area contributed by atoms with Crippen molar-refractivity contribution in [2.75, 3.05) is 13.2 Å². The van der Waals surface area contributed by atoms with Gasteiger partial charge in [0.2, 0.25) is 0 Å². The van der Waals surface area contributed by atoms with Crippen LogP contribution >= 0.6 is 11.6 Å². The third-order valence-electron chi connectivity index (χ3n) is 3.96. The molecule has 21 heavy (non-hydrogen) atoms. The Labute approximate surface area is 129 Å². The highest BCUT2D eigenvalue weighted by Gasteiger charge is 2.28. The number of hydrogen-bond donors (Lipinski definition) is 1. The maximum atomic E-state index is 14.1. The molecule has 0 amide bonds. The van der Waals surface area contributed by atoms with Gasteiger partial charge in [-0.1, -0.05) is 17.7 Å². The van der Waals surface area contributed by atoms with Gasteiger partial charge in [0, 0.05) is 30.3 Å². The van der Waals surface area contributed by atoms with Crippen LogP contribution < -0.4 is 5.32 Å². The molecule has 2 rings (SSSR count). The average molecular weight is 314 g/mol. The molecule has 1 fully saturated rings. The van der Waals surface area contributed by atoms with Gasteiger partial charge in [-0.3, -0.25) is 4.79 Å². The van der Waals surface area contributed by atoms with E-state index in [0.717, 1.165) is 26.1 Å². The van der Waals surface area contributed by atoms with Gasteiger partial charge in [-0.2, -0.15) is 0 Å². The van der Waals surface area contributed by atoms with Crippen LogP contribution in [0, 0.1) is 5.82 Å². The molecule has 1 aliphatic heterocycles. The van der Waals surface area contributed by atoms with Gasteiger partial charge in [-0.25, -0.2) is 4.39 Å². The number of rotatable bonds is 5. The molecular weight excluding hydrogens is 293 g/mol. The van der Waals surface area contributed by atoms with E-state index < -0.39 is 11.7 Å². The largest absolute Gasteiger partial charge is 0.381 e. The summed E-state index contributed by atoms with van der Waals surface area (Å²) in [5.74, 6) is -0.989. The standard InChI is InChI=1S/C16H21ClFNO2/c1-10(19-13-5-7-21-8-6-13)16(11(2)20)14-4-3-12(17)9-15(14)18/h3-4,9-10,13,16,19H,5-8H2,1-2H3/t10-,16?/m1/s1. The summed E-state index contributed by atoms with van der Waals surface area (Å²) in [5.41, 5.74) is 0.402. The van der Waals surface area contributed by atoms with Crippen molar-refractivity contribution in [1.29, 1.82) is 0 Å². The zero-order valence-corrected chi connectivity index (χ0v) is 13.1. The zero-order valence-electron chi connectivity index (χ0n) is 12.4. The fourth-order valence-corrected chi connectivity index (χ4v) is 3.09. The SMILES string of the molecule is CC(=O)C(c1ccc(Cl)cc1F)[C@@H](C)NC1CCOCC1. The van der Waals surface area contributed by atoms with Crippen molar-refractivity contribution in [2.24, 2.45) is 0 Å². The number of benzene rings is 1. The summed E-state index contributed by atoms with van der Waals surface area (Å²) in [6, 6.07) is 4.66. The van der Waals surface area contributed by atoms with Crippen LogP contribution in [0.4, 0.5) is 4.39 Å². The molecule has 1 saturated heterocycles. The predicted molar refractivity (Wildman–Crippen MR) is 81.3 cm³/mol. The van der Waals surface area contributed by atoms with Crippen molar-refractivity contribution in [3.8, 4) is 0 Å². The minimum absolute atomic E-state index is 0.0525. The Balaban J connectivity index is 2.15. The Hall–Kier alpha value is -0.970. The molecule has 0 spiro atoms. The first kappa shape index (κ1) is 16.4. The number of ketones is 1. The zero-order chi connectivity index (χ0) is 15.4. The van der Waals surface area contributed by atoms with Crippen LogP contribution in [0.1, 0.15) is 38.2 Å². The second-order valence-electron chi connectivity index (χ2n) is 5.60. The highest BCUT2D eigenvalue weighted by Crippen LogP contribution is 2.27. The number of hydrogen-bond acceptors (Lipinski definition) is 3. The number of carbonyl (C=O) groups excluding carboxylic acids is 1. The van der Waals surface area contributed by atoms with Crippen LogP contribution in [-0.2, 0) is 9.53 Å². The molecule has 1 aromatic rings. The molecule has 5 heteroatoms. The first-order valence-electron chi connectivity index (χ1n) is 7.28. The topological polar surface area (TPSA) is 38.3 Å². The Morgan fingerprint density at radius 3 is 2.67 bits per heavy atom. The lowest BCUT2D eigenvalue weighted by atomic mass is 9.88. The van der Waals surface area contributed by atoms with Gasteiger partial charge >= 0.3 is 0 Å². The van der Waals surface area contributed by atoms with E-state index in [-0.39, 0.29) is 11.8 Å². The molecule has 3 nitrogen and oxygen atoms in total. The molecule has 0 aliphatic carbocycles. The summed E-state index contributed by atoms with van der Waals surface area (Å²) >= 11 is 5.78. The van der Waals surface area contributed by atoms with Crippen molar-refractivity contribution in [1.82, 2.24) is 5.32 Å². The molecule has 2 atom stereocenters. The molecule has 1 aliphatic rings. The quantitative estimate of drug-likeness (QED) is 0.906. The Kier molecular flexibility index (Phi) is 5.73. The third kappa shape index (κ3) is 4.25. The minimum atomic E-state index is -0.509. The van der Waals surface area contributed by atoms with E-state index in [9.17, 15) is 9.18 Å². The van der Waals surface area contributed by atoms with Gasteiger partial charge in [0.1, 0.15) is 11.6 Å². The highest BCUT2D eigenvalue weighted by atomic mass is 35.5. The van der Waals surface area contributed by atoms with Gasteiger partial charge < -0.3 is 10.1 Å². The van der Waals surface area contributed by atoms with Crippen LogP contribution in [0.15, 0.2) is 18.2 Å². The lowest BCUT2D eigenvalue weighted by Gasteiger charge is -2.30. The van der Waals surface area contributed by atoms with Crippen molar-refractivity contribution < 1.29 is 13.9 Å². The normalized spacial score (nSPS) is 19.2. The van der Waals surface area contributed by atoms with Gasteiger partial charge in [0.05, 0.1) is 5.92 Å². The molecule has 1 aromatic carbocycles. The van der Waals surface area contributed by atoms with E-state index in [4.69, 9.17) is 16.3 Å². The monoisotopic (exact) mass is 313 g/mol. The fraction of sp³-hybridized carbons (Fsp3) is 0.562. The smallest absolute Gasteiger partial charge is 0.138 e. The van der Waals surface area contributed by atoms with Crippen molar-refractivity contribution in [2.45, 2.75) is 44.7 Å². The summed E-state index contributed by atoms with van der Waals surface area (Å²) in [7, 11) is 0. The molecule has 0 saturated carbocycles. The summed E-state index contributed by atoms with van der Waals surface area (Å²) < 4.78 is 19.4. The summed E-state index contributed by atoms with van der Waals surface area (Å²) in [6.07, 6.45) is 1.83. The van der Waals surface area contributed by atoms with Crippen LogP contribution in [0.5, 0.6) is 0 Å². The predicted octanol–water partition coefficient (Wildman–Crippen LogP) is 3.31. The molecule has 1 N–H and O–H groups in total. The molecular formula is C16H21ClFNO2. The number of Topliss-reactive ketones (excluding diaryl/α,β-unsaturated/α-hetero) is 1. The maximum absolute atomic E-state index is 14.1. The maximum Gasteiger partial charge on any atom is 0.138 e. The Bertz CT molecular complexity index is 503. The summed E-state index contributed by atoms with van der Waals surface area (Å²) in [5, 5.41) is 3.78. The van der Waals surface area contributed by atoms with Gasteiger partial charge in [0.25, 0.3) is 0 Å². The third-order valence-corrected chi connectivity index (χ3v) is 4.19. The van der Waals surface area contributed by atoms with E-state index >= 15 is 0 Å². The lowest BCUT2D eigenvalue weighted by molar-refractivity contribution is -0.119.